The third kappa shape index (κ3) is 2.88. The second-order valence-electron chi connectivity index (χ2n) is 1.56. The van der Waals surface area contributed by atoms with Gasteiger partial charge in [0.15, 0.2) is 5.84 Å². The summed E-state index contributed by atoms with van der Waals surface area (Å²) in [4.78, 5) is 6.85. The third-order valence-electron chi connectivity index (χ3n) is 0.901. The zero-order valence-electron chi connectivity index (χ0n) is 6.40. The molecule has 0 atom stereocenters. The number of rotatable bonds is 0. The van der Waals surface area contributed by atoms with Gasteiger partial charge in [-0.05, 0) is 0 Å². The van der Waals surface area contributed by atoms with Crippen LogP contribution in [0.2, 0.25) is 0 Å². The molecule has 12 heavy (non-hydrogen) atoms. The van der Waals surface area contributed by atoms with Crippen molar-refractivity contribution in [1.82, 2.24) is 0 Å². The van der Waals surface area contributed by atoms with Crippen molar-refractivity contribution in [3.8, 4) is 0 Å². The molecule has 0 amide bonds. The van der Waals surface area contributed by atoms with Crippen molar-refractivity contribution in [2.24, 2.45) is 9.98 Å². The van der Waals surface area contributed by atoms with E-state index in [0.29, 0.717) is 0 Å². The van der Waals surface area contributed by atoms with Crippen molar-refractivity contribution >= 4 is 18.3 Å². The molecule has 0 unspecified atom stereocenters. The van der Waals surface area contributed by atoms with E-state index in [1.807, 2.05) is 0 Å². The van der Waals surface area contributed by atoms with Crippen molar-refractivity contribution in [3.05, 3.63) is 11.6 Å². The first-order valence-corrected chi connectivity index (χ1v) is 2.47. The first-order chi connectivity index (χ1) is 4.72. The average molecular weight is 163 g/mol. The molecule has 0 aromatic heterocycles. The number of hydrogen-bond donors (Lipinski definition) is 2. The number of nitrogens with zero attached hydrogens (tertiary/aromatic N) is 2. The molecule has 0 fully saturated rings. The first kappa shape index (κ1) is 13.5. The Hall–Kier alpha value is -1.09. The standard InChI is InChI=1S/C5H5N3O2.Li.H2O/c6-4-3(5(9)10)7-1-2-8-4;;/h1-2,6,9-10H;;1H2/q;+1;/p-1. The van der Waals surface area contributed by atoms with E-state index in [1.54, 1.807) is 0 Å². The summed E-state index contributed by atoms with van der Waals surface area (Å²) in [7, 11) is 0. The van der Waals surface area contributed by atoms with Gasteiger partial charge in [-0.2, -0.15) is 0 Å². The minimum absolute atomic E-state index is 0. The maximum Gasteiger partial charge on any atom is 1.00 e. The number of nitrogens with one attached hydrogen (secondary N) is 1. The average Bonchev–Trinajstić information content (AvgIpc) is 1.88. The molecular weight excluding hydrogens is 157 g/mol. The van der Waals surface area contributed by atoms with E-state index < -0.39 is 5.95 Å². The maximum atomic E-state index is 10.2. The van der Waals surface area contributed by atoms with Crippen LogP contribution in [-0.2, 0) is 0 Å². The quantitative estimate of drug-likeness (QED) is 0.275. The Labute approximate surface area is 80.3 Å². The van der Waals surface area contributed by atoms with E-state index in [4.69, 9.17) is 10.5 Å². The van der Waals surface area contributed by atoms with E-state index in [-0.39, 0.29) is 35.9 Å². The summed E-state index contributed by atoms with van der Waals surface area (Å²) < 4.78 is 0. The summed E-state index contributed by atoms with van der Waals surface area (Å²) in [6.45, 7) is 0. The Morgan fingerprint density at radius 1 is 1.42 bits per heavy atom. The van der Waals surface area contributed by atoms with Crippen LogP contribution in [0.15, 0.2) is 21.6 Å². The predicted molar refractivity (Wildman–Crippen MR) is 38.0 cm³/mol. The Bertz CT molecular complexity index is 255. The fraction of sp³-hybridized carbons (Fsp3) is 0. The smallest absolute Gasteiger partial charge is 0.628 e. The van der Waals surface area contributed by atoms with Crippen LogP contribution in [-0.4, -0.2) is 28.8 Å². The van der Waals surface area contributed by atoms with E-state index in [1.165, 1.54) is 12.4 Å². The zero-order valence-corrected chi connectivity index (χ0v) is 6.40. The molecular formula is C5H6LiN3O3. The second kappa shape index (κ2) is 5.54. The maximum absolute atomic E-state index is 10.2. The largest absolute Gasteiger partial charge is 1.00 e. The first-order valence-electron chi connectivity index (χ1n) is 2.47. The molecule has 4 N–H and O–H groups in total. The van der Waals surface area contributed by atoms with Gasteiger partial charge in [0.25, 0.3) is 0 Å². The van der Waals surface area contributed by atoms with E-state index in [9.17, 15) is 5.11 Å². The minimum Gasteiger partial charge on any atom is -0.628 e. The molecule has 0 saturated heterocycles. The number of amidine groups is 1. The van der Waals surface area contributed by atoms with Crippen molar-refractivity contribution in [2.75, 3.05) is 0 Å². The fourth-order valence-electron chi connectivity index (χ4n) is 0.495. The fourth-order valence-corrected chi connectivity index (χ4v) is 0.495. The van der Waals surface area contributed by atoms with Crippen molar-refractivity contribution in [3.63, 3.8) is 0 Å². The van der Waals surface area contributed by atoms with Crippen LogP contribution in [0.1, 0.15) is 0 Å². The monoisotopic (exact) mass is 163 g/mol. The molecule has 0 bridgehead atoms. The van der Waals surface area contributed by atoms with Gasteiger partial charge in [-0.3, -0.25) is 5.41 Å². The second-order valence-corrected chi connectivity index (χ2v) is 1.56. The summed E-state index contributed by atoms with van der Waals surface area (Å²) in [5.41, 5.74) is -0.317. The molecule has 60 valence electrons. The van der Waals surface area contributed by atoms with Gasteiger partial charge in [-0.1, -0.05) is 0 Å². The van der Waals surface area contributed by atoms with Gasteiger partial charge in [0, 0.05) is 12.4 Å². The summed E-state index contributed by atoms with van der Waals surface area (Å²) in [5.74, 6) is -1.53. The molecule has 0 saturated carbocycles. The van der Waals surface area contributed by atoms with Crippen molar-refractivity contribution in [2.45, 2.75) is 0 Å². The van der Waals surface area contributed by atoms with Gasteiger partial charge in [0.2, 0.25) is 0 Å². The normalized spacial score (nSPS) is 17.8. The summed E-state index contributed by atoms with van der Waals surface area (Å²) in [6, 6.07) is 0. The molecule has 1 heterocycles. The van der Waals surface area contributed by atoms with Crippen molar-refractivity contribution < 1.29 is 34.5 Å². The number of aliphatic hydroxyl groups excluding tert-OH is 1. The van der Waals surface area contributed by atoms with Crippen LogP contribution >= 0.6 is 0 Å². The van der Waals surface area contributed by atoms with Crippen LogP contribution < -0.4 is 24.0 Å². The molecule has 0 spiro atoms. The van der Waals surface area contributed by atoms with Crippen LogP contribution in [0.3, 0.4) is 0 Å². The summed E-state index contributed by atoms with van der Waals surface area (Å²) in [5, 5.41) is 25.5. The predicted octanol–water partition coefficient (Wildman–Crippen LogP) is -4.61. The van der Waals surface area contributed by atoms with Crippen LogP contribution in [0, 0.1) is 5.41 Å². The van der Waals surface area contributed by atoms with Crippen molar-refractivity contribution in [1.29, 1.82) is 5.41 Å². The van der Waals surface area contributed by atoms with E-state index in [0.717, 1.165) is 0 Å². The topological polar surface area (TPSA) is 123 Å². The molecule has 1 rings (SSSR count). The molecule has 0 aliphatic carbocycles. The van der Waals surface area contributed by atoms with Gasteiger partial charge in [0.1, 0.15) is 5.70 Å². The van der Waals surface area contributed by atoms with Gasteiger partial charge >= 0.3 is 18.9 Å². The minimum atomic E-state index is -1.22. The summed E-state index contributed by atoms with van der Waals surface area (Å²) >= 11 is 0. The number of aliphatic imine (C=N–C) groups is 2. The molecule has 6 nitrogen and oxygen atoms in total. The molecule has 0 aromatic rings. The SMILES string of the molecule is N=C1N=CC=N/C1=C(\[O-])O.O.[Li+]. The Morgan fingerprint density at radius 3 is 2.25 bits per heavy atom. The Morgan fingerprint density at radius 2 is 1.92 bits per heavy atom. The molecule has 7 heteroatoms. The van der Waals surface area contributed by atoms with Gasteiger partial charge in [-0.25, -0.2) is 9.98 Å². The number of hydrogen-bond acceptors (Lipinski definition) is 4. The molecule has 1 aliphatic heterocycles. The molecule has 0 aromatic carbocycles. The third-order valence-corrected chi connectivity index (χ3v) is 0.901. The van der Waals surface area contributed by atoms with E-state index >= 15 is 0 Å². The van der Waals surface area contributed by atoms with Gasteiger partial charge < -0.3 is 15.7 Å². The van der Waals surface area contributed by atoms with Gasteiger partial charge in [0.05, 0.1) is 5.95 Å². The Balaban J connectivity index is 0. The van der Waals surface area contributed by atoms with Crippen LogP contribution in [0.5, 0.6) is 0 Å². The van der Waals surface area contributed by atoms with Crippen LogP contribution in [0.25, 0.3) is 0 Å². The van der Waals surface area contributed by atoms with E-state index in [2.05, 4.69) is 9.98 Å². The van der Waals surface area contributed by atoms with Gasteiger partial charge in [-0.15, -0.1) is 0 Å². The molecule has 1 aliphatic rings. The number of aliphatic hydroxyl groups is 1. The summed E-state index contributed by atoms with van der Waals surface area (Å²) in [6.07, 6.45) is 2.51. The zero-order chi connectivity index (χ0) is 7.56. The van der Waals surface area contributed by atoms with Crippen LogP contribution in [0.4, 0.5) is 0 Å². The Kier molecular flexibility index (Phi) is 6.23. The molecule has 0 radical (unpaired) electrons.